The van der Waals surface area contributed by atoms with E-state index in [1.165, 1.54) is 51.4 Å². The van der Waals surface area contributed by atoms with Crippen LogP contribution < -0.4 is 4.74 Å². The summed E-state index contributed by atoms with van der Waals surface area (Å²) in [5, 5.41) is 19.3. The minimum absolute atomic E-state index is 0.475. The van der Waals surface area contributed by atoms with Gasteiger partial charge in [-0.1, -0.05) is 83.1 Å². The van der Waals surface area contributed by atoms with Gasteiger partial charge in [-0.05, 0) is 54.4 Å². The molecule has 168 valence electrons. The van der Waals surface area contributed by atoms with Gasteiger partial charge < -0.3 is 4.74 Å². The summed E-state index contributed by atoms with van der Waals surface area (Å²) in [6.07, 6.45) is 12.5. The number of nitrogens with zero attached hydrogens (tertiary/aromatic N) is 2. The first-order valence-corrected chi connectivity index (χ1v) is 12.4. The minimum atomic E-state index is 0.475. The molecular formula is C29H36N2O. The highest BCUT2D eigenvalue weighted by molar-refractivity contribution is 5.75. The highest BCUT2D eigenvalue weighted by Gasteiger charge is 2.21. The van der Waals surface area contributed by atoms with Crippen LogP contribution in [0.1, 0.15) is 88.3 Å². The van der Waals surface area contributed by atoms with Crippen molar-refractivity contribution in [2.45, 2.75) is 78.1 Å². The third-order valence-electron chi connectivity index (χ3n) is 6.87. The second-order valence-corrected chi connectivity index (χ2v) is 9.21. The second-order valence-electron chi connectivity index (χ2n) is 9.21. The Hall–Kier alpha value is -2.78. The Balaban J connectivity index is 1.58. The van der Waals surface area contributed by atoms with Gasteiger partial charge in [-0.25, -0.2) is 0 Å². The Kier molecular flexibility index (Phi) is 9.18. The Morgan fingerprint density at radius 2 is 1.50 bits per heavy atom. The maximum atomic E-state index is 9.72. The van der Waals surface area contributed by atoms with Crippen LogP contribution >= 0.6 is 0 Å². The zero-order valence-corrected chi connectivity index (χ0v) is 19.7. The summed E-state index contributed by atoms with van der Waals surface area (Å²) in [4.78, 5) is 0. The van der Waals surface area contributed by atoms with E-state index in [2.05, 4.69) is 26.0 Å². The van der Waals surface area contributed by atoms with Crippen molar-refractivity contribution in [1.82, 2.24) is 0 Å². The third kappa shape index (κ3) is 6.14. The molecule has 3 heteroatoms. The number of hydrogen-bond acceptors (Lipinski definition) is 3. The van der Waals surface area contributed by atoms with Gasteiger partial charge in [0.25, 0.3) is 0 Å². The van der Waals surface area contributed by atoms with Gasteiger partial charge >= 0.3 is 0 Å². The van der Waals surface area contributed by atoms with Crippen LogP contribution in [0.3, 0.4) is 0 Å². The standard InChI is InChI=1S/C29H36N2O/c1-3-5-6-8-22-9-11-23(12-10-22)21-32-26-16-13-25(14-17-26)27-18-15-24(7-4-2)28(19-30)29(27)20-31/h13-18,22-23H,3-12,21H2,1-2H3. The first kappa shape index (κ1) is 23.9. The molecule has 0 N–H and O–H groups in total. The van der Waals surface area contributed by atoms with Gasteiger partial charge in [-0.2, -0.15) is 10.5 Å². The van der Waals surface area contributed by atoms with Crippen LogP contribution in [0.2, 0.25) is 0 Å². The number of ether oxygens (including phenoxy) is 1. The van der Waals surface area contributed by atoms with Gasteiger partial charge in [-0.3, -0.25) is 0 Å². The highest BCUT2D eigenvalue weighted by Crippen LogP contribution is 2.33. The molecule has 0 saturated heterocycles. The lowest BCUT2D eigenvalue weighted by atomic mass is 9.80. The summed E-state index contributed by atoms with van der Waals surface area (Å²) in [6, 6.07) is 16.4. The van der Waals surface area contributed by atoms with Gasteiger partial charge in [0, 0.05) is 5.56 Å². The van der Waals surface area contributed by atoms with Crippen molar-refractivity contribution in [2.24, 2.45) is 11.8 Å². The van der Waals surface area contributed by atoms with E-state index in [1.54, 1.807) is 0 Å². The summed E-state index contributed by atoms with van der Waals surface area (Å²) in [6.45, 7) is 5.14. The maximum Gasteiger partial charge on any atom is 0.119 e. The van der Waals surface area contributed by atoms with E-state index in [0.717, 1.165) is 47.8 Å². The van der Waals surface area contributed by atoms with E-state index in [-0.39, 0.29) is 0 Å². The van der Waals surface area contributed by atoms with E-state index < -0.39 is 0 Å². The lowest BCUT2D eigenvalue weighted by molar-refractivity contribution is 0.177. The number of rotatable bonds is 10. The summed E-state index contributed by atoms with van der Waals surface area (Å²) in [7, 11) is 0. The van der Waals surface area contributed by atoms with Crippen molar-refractivity contribution >= 4 is 0 Å². The molecule has 0 radical (unpaired) electrons. The van der Waals surface area contributed by atoms with E-state index >= 15 is 0 Å². The van der Waals surface area contributed by atoms with Crippen LogP contribution in [0.25, 0.3) is 11.1 Å². The van der Waals surface area contributed by atoms with Gasteiger partial charge in [0.2, 0.25) is 0 Å². The lowest BCUT2D eigenvalue weighted by Gasteiger charge is -2.28. The van der Waals surface area contributed by atoms with Crippen molar-refractivity contribution in [3.63, 3.8) is 0 Å². The fraction of sp³-hybridized carbons (Fsp3) is 0.517. The summed E-state index contributed by atoms with van der Waals surface area (Å²) >= 11 is 0. The van der Waals surface area contributed by atoms with Crippen molar-refractivity contribution in [3.8, 4) is 29.0 Å². The van der Waals surface area contributed by atoms with Gasteiger partial charge in [0.15, 0.2) is 0 Å². The summed E-state index contributed by atoms with van der Waals surface area (Å²) in [5.74, 6) is 2.46. The third-order valence-corrected chi connectivity index (χ3v) is 6.87. The van der Waals surface area contributed by atoms with Crippen molar-refractivity contribution < 1.29 is 4.74 Å². The molecule has 1 saturated carbocycles. The number of benzene rings is 2. The quantitative estimate of drug-likeness (QED) is 0.362. The molecule has 3 rings (SSSR count). The molecule has 0 unspecified atom stereocenters. The van der Waals surface area contributed by atoms with Crippen LogP contribution in [0.15, 0.2) is 36.4 Å². The zero-order valence-electron chi connectivity index (χ0n) is 19.7. The number of aryl methyl sites for hydroxylation is 1. The number of unbranched alkanes of at least 4 members (excludes halogenated alkanes) is 2. The summed E-state index contributed by atoms with van der Waals surface area (Å²) in [5.41, 5.74) is 3.70. The van der Waals surface area contributed by atoms with Crippen molar-refractivity contribution in [3.05, 3.63) is 53.1 Å². The molecule has 0 spiro atoms. The predicted molar refractivity (Wildman–Crippen MR) is 130 cm³/mol. The molecule has 0 heterocycles. The SMILES string of the molecule is CCCCCC1CCC(COc2ccc(-c3ccc(CCC)c(C#N)c3C#N)cc2)CC1. The van der Waals surface area contributed by atoms with Crippen LogP contribution in [0.5, 0.6) is 5.75 Å². The van der Waals surface area contributed by atoms with Gasteiger partial charge in [-0.15, -0.1) is 0 Å². The fourth-order valence-electron chi connectivity index (χ4n) is 4.92. The van der Waals surface area contributed by atoms with Crippen LogP contribution in [-0.2, 0) is 6.42 Å². The molecule has 0 atom stereocenters. The minimum Gasteiger partial charge on any atom is -0.493 e. The molecule has 3 nitrogen and oxygen atoms in total. The Morgan fingerprint density at radius 1 is 0.812 bits per heavy atom. The Morgan fingerprint density at radius 3 is 2.12 bits per heavy atom. The van der Waals surface area contributed by atoms with Crippen LogP contribution in [0.4, 0.5) is 0 Å². The van der Waals surface area contributed by atoms with E-state index in [1.807, 2.05) is 36.4 Å². The van der Waals surface area contributed by atoms with Crippen molar-refractivity contribution in [1.29, 1.82) is 10.5 Å². The van der Waals surface area contributed by atoms with E-state index in [9.17, 15) is 10.5 Å². The fourth-order valence-corrected chi connectivity index (χ4v) is 4.92. The second kappa shape index (κ2) is 12.3. The molecule has 0 aliphatic heterocycles. The van der Waals surface area contributed by atoms with Gasteiger partial charge in [0.05, 0.1) is 17.7 Å². The molecule has 0 bridgehead atoms. The average molecular weight is 429 g/mol. The average Bonchev–Trinajstić information content (AvgIpc) is 2.84. The number of nitriles is 2. The smallest absolute Gasteiger partial charge is 0.119 e. The first-order valence-electron chi connectivity index (χ1n) is 12.4. The topological polar surface area (TPSA) is 56.8 Å². The van der Waals surface area contributed by atoms with Crippen LogP contribution in [-0.4, -0.2) is 6.61 Å². The van der Waals surface area contributed by atoms with E-state index in [4.69, 9.17) is 4.74 Å². The Bertz CT molecular complexity index is 941. The van der Waals surface area contributed by atoms with Crippen molar-refractivity contribution in [2.75, 3.05) is 6.61 Å². The molecule has 1 aliphatic carbocycles. The zero-order chi connectivity index (χ0) is 22.8. The molecule has 0 amide bonds. The van der Waals surface area contributed by atoms with E-state index in [0.29, 0.717) is 17.0 Å². The molecular weight excluding hydrogens is 392 g/mol. The largest absolute Gasteiger partial charge is 0.493 e. The Labute approximate surface area is 194 Å². The molecule has 32 heavy (non-hydrogen) atoms. The molecule has 2 aromatic carbocycles. The van der Waals surface area contributed by atoms with Crippen LogP contribution in [0, 0.1) is 34.5 Å². The molecule has 2 aromatic rings. The lowest BCUT2D eigenvalue weighted by Crippen LogP contribution is -2.20. The normalized spacial score (nSPS) is 18.0. The molecule has 1 aliphatic rings. The van der Waals surface area contributed by atoms with Gasteiger partial charge in [0.1, 0.15) is 17.9 Å². The highest BCUT2D eigenvalue weighted by atomic mass is 16.5. The summed E-state index contributed by atoms with van der Waals surface area (Å²) < 4.78 is 6.11. The predicted octanol–water partition coefficient (Wildman–Crippen LogP) is 7.81. The maximum absolute atomic E-state index is 9.72. The monoisotopic (exact) mass is 428 g/mol. The number of hydrogen-bond donors (Lipinski definition) is 0. The molecule has 1 fully saturated rings. The first-order chi connectivity index (χ1) is 15.7. The molecule has 0 aromatic heterocycles.